The molecular weight excluding hydrogens is 271 g/mol. The van der Waals surface area contributed by atoms with Crippen LogP contribution in [0.15, 0.2) is 12.1 Å². The van der Waals surface area contributed by atoms with E-state index in [-0.39, 0.29) is 5.65 Å². The lowest BCUT2D eigenvalue weighted by molar-refractivity contribution is -0.146. The summed E-state index contributed by atoms with van der Waals surface area (Å²) in [6.45, 7) is 0.587. The van der Waals surface area contributed by atoms with Crippen LogP contribution in [0.25, 0.3) is 5.65 Å². The van der Waals surface area contributed by atoms with Crippen molar-refractivity contribution in [3.05, 3.63) is 18.0 Å². The van der Waals surface area contributed by atoms with Crippen LogP contribution < -0.4 is 5.32 Å². The molecule has 0 radical (unpaired) electrons. The summed E-state index contributed by atoms with van der Waals surface area (Å²) in [5.74, 6) is 1.72. The highest BCUT2D eigenvalue weighted by molar-refractivity contribution is 5.44. The van der Waals surface area contributed by atoms with E-state index in [9.17, 15) is 13.2 Å². The first-order valence-electron chi connectivity index (χ1n) is 5.99. The predicted octanol–water partition coefficient (Wildman–Crippen LogP) is 2.36. The first-order valence-corrected chi connectivity index (χ1v) is 5.99. The summed E-state index contributed by atoms with van der Waals surface area (Å²) >= 11 is 0. The second-order valence-electron chi connectivity index (χ2n) is 4.10. The van der Waals surface area contributed by atoms with E-state index in [0.29, 0.717) is 23.3 Å². The van der Waals surface area contributed by atoms with Gasteiger partial charge in [-0.1, -0.05) is 0 Å². The van der Waals surface area contributed by atoms with Gasteiger partial charge in [-0.3, -0.25) is 0 Å². The van der Waals surface area contributed by atoms with Gasteiger partial charge < -0.3 is 5.32 Å². The van der Waals surface area contributed by atoms with Gasteiger partial charge in [0.15, 0.2) is 5.65 Å². The van der Waals surface area contributed by atoms with E-state index in [1.54, 1.807) is 6.07 Å². The molecule has 5 nitrogen and oxygen atoms in total. The summed E-state index contributed by atoms with van der Waals surface area (Å²) in [6.07, 6.45) is 2.89. The van der Waals surface area contributed by atoms with E-state index in [1.807, 2.05) is 0 Å². The van der Waals surface area contributed by atoms with Gasteiger partial charge in [0, 0.05) is 13.0 Å². The molecule has 0 fully saturated rings. The summed E-state index contributed by atoms with van der Waals surface area (Å²) in [6, 6.07) is 2.99. The first-order chi connectivity index (χ1) is 9.52. The van der Waals surface area contributed by atoms with E-state index in [1.165, 1.54) is 6.07 Å². The average molecular weight is 283 g/mol. The molecule has 0 amide bonds. The van der Waals surface area contributed by atoms with Crippen molar-refractivity contribution in [2.75, 3.05) is 11.9 Å². The number of halogens is 3. The highest BCUT2D eigenvalue weighted by Gasteiger charge is 2.37. The molecule has 0 aliphatic carbocycles. The van der Waals surface area contributed by atoms with Gasteiger partial charge in [-0.25, -0.2) is 0 Å². The molecule has 0 atom stereocenters. The Morgan fingerprint density at radius 2 is 2.05 bits per heavy atom. The van der Waals surface area contributed by atoms with Crippen LogP contribution in [-0.4, -0.2) is 26.4 Å². The molecule has 0 saturated carbocycles. The summed E-state index contributed by atoms with van der Waals surface area (Å²) < 4.78 is 38.7. The largest absolute Gasteiger partial charge is 0.453 e. The lowest BCUT2D eigenvalue weighted by atomic mass is 10.2. The number of nitrogens with zero attached hydrogens (tertiary/aromatic N) is 4. The Morgan fingerprint density at radius 3 is 2.75 bits per heavy atom. The maximum absolute atomic E-state index is 12.7. The highest BCUT2D eigenvalue weighted by atomic mass is 19.4. The topological polar surface area (TPSA) is 55.1 Å². The smallest absolute Gasteiger partial charge is 0.369 e. The fourth-order valence-corrected chi connectivity index (χ4v) is 1.63. The number of hydrogen-bond acceptors (Lipinski definition) is 4. The van der Waals surface area contributed by atoms with Crippen molar-refractivity contribution < 1.29 is 13.2 Å². The van der Waals surface area contributed by atoms with Crippen LogP contribution in [0, 0.1) is 12.3 Å². The number of hydrogen-bond donors (Lipinski definition) is 1. The number of unbranched alkanes of at least 4 members (excludes halogenated alkanes) is 2. The molecule has 0 spiro atoms. The molecule has 20 heavy (non-hydrogen) atoms. The third-order valence-electron chi connectivity index (χ3n) is 2.57. The quantitative estimate of drug-likeness (QED) is 0.676. The van der Waals surface area contributed by atoms with Crippen molar-refractivity contribution in [1.82, 2.24) is 19.8 Å². The lowest BCUT2D eigenvalue weighted by Gasteiger charge is -2.06. The molecule has 0 unspecified atom stereocenters. The van der Waals surface area contributed by atoms with Gasteiger partial charge >= 0.3 is 6.18 Å². The van der Waals surface area contributed by atoms with Crippen LogP contribution in [0.2, 0.25) is 0 Å². The van der Waals surface area contributed by atoms with Crippen LogP contribution in [-0.2, 0) is 6.18 Å². The van der Waals surface area contributed by atoms with Gasteiger partial charge in [-0.15, -0.1) is 27.6 Å². The Bertz CT molecular complexity index is 626. The van der Waals surface area contributed by atoms with Crippen LogP contribution in [0.4, 0.5) is 19.0 Å². The standard InChI is InChI=1S/C12H12F3N5/c1-2-3-4-5-8-16-9-6-7-10-17-18-11(12(13,14)15)20(10)19-9/h1,6-7H,3-5,8H2,(H,16,19). The SMILES string of the molecule is C#CCCCCNc1ccc2nnc(C(F)(F)F)n2n1. The predicted molar refractivity (Wildman–Crippen MR) is 67.0 cm³/mol. The van der Waals surface area contributed by atoms with Crippen molar-refractivity contribution in [2.45, 2.75) is 25.4 Å². The number of nitrogens with one attached hydrogen (secondary N) is 1. The third-order valence-corrected chi connectivity index (χ3v) is 2.57. The van der Waals surface area contributed by atoms with Gasteiger partial charge in [0.1, 0.15) is 5.82 Å². The number of fused-ring (bicyclic) bond motifs is 1. The molecule has 0 bridgehead atoms. The molecule has 2 aromatic rings. The van der Waals surface area contributed by atoms with Crippen LogP contribution in [0.1, 0.15) is 25.1 Å². The van der Waals surface area contributed by atoms with E-state index in [2.05, 4.69) is 26.5 Å². The van der Waals surface area contributed by atoms with E-state index in [0.717, 1.165) is 12.8 Å². The Hall–Kier alpha value is -2.30. The Morgan fingerprint density at radius 1 is 1.25 bits per heavy atom. The molecular formula is C12H12F3N5. The summed E-state index contributed by atoms with van der Waals surface area (Å²) in [5.41, 5.74) is 0.0511. The number of alkyl halides is 3. The molecule has 0 saturated heterocycles. The second kappa shape index (κ2) is 5.77. The molecule has 0 aliphatic rings. The molecule has 8 heteroatoms. The zero-order valence-corrected chi connectivity index (χ0v) is 10.5. The minimum Gasteiger partial charge on any atom is -0.369 e. The summed E-state index contributed by atoms with van der Waals surface area (Å²) in [5, 5.41) is 13.3. The normalized spacial score (nSPS) is 11.5. The van der Waals surface area contributed by atoms with E-state index in [4.69, 9.17) is 6.42 Å². The molecule has 2 aromatic heterocycles. The number of rotatable bonds is 5. The van der Waals surface area contributed by atoms with Gasteiger partial charge in [-0.05, 0) is 25.0 Å². The van der Waals surface area contributed by atoms with Gasteiger partial charge in [0.2, 0.25) is 0 Å². The maximum atomic E-state index is 12.7. The third kappa shape index (κ3) is 3.17. The van der Waals surface area contributed by atoms with Crippen LogP contribution in [0.5, 0.6) is 0 Å². The number of aromatic nitrogens is 4. The van der Waals surface area contributed by atoms with Crippen molar-refractivity contribution >= 4 is 11.5 Å². The van der Waals surface area contributed by atoms with Crippen LogP contribution >= 0.6 is 0 Å². The van der Waals surface area contributed by atoms with Crippen molar-refractivity contribution in [3.63, 3.8) is 0 Å². The van der Waals surface area contributed by atoms with Gasteiger partial charge in [0.25, 0.3) is 5.82 Å². The molecule has 2 rings (SSSR count). The van der Waals surface area contributed by atoms with Crippen molar-refractivity contribution in [1.29, 1.82) is 0 Å². The van der Waals surface area contributed by atoms with E-state index < -0.39 is 12.0 Å². The van der Waals surface area contributed by atoms with Gasteiger partial charge in [-0.2, -0.15) is 17.7 Å². The fraction of sp³-hybridized carbons (Fsp3) is 0.417. The number of anilines is 1. The van der Waals surface area contributed by atoms with Crippen LogP contribution in [0.3, 0.4) is 0 Å². The Balaban J connectivity index is 2.10. The summed E-state index contributed by atoms with van der Waals surface area (Å²) in [7, 11) is 0. The van der Waals surface area contributed by atoms with E-state index >= 15 is 0 Å². The maximum Gasteiger partial charge on any atom is 0.453 e. The minimum absolute atomic E-state index is 0.0511. The summed E-state index contributed by atoms with van der Waals surface area (Å²) in [4.78, 5) is 0. The Labute approximate surface area is 113 Å². The second-order valence-corrected chi connectivity index (χ2v) is 4.10. The fourth-order valence-electron chi connectivity index (χ4n) is 1.63. The molecule has 0 aliphatic heterocycles. The monoisotopic (exact) mass is 283 g/mol. The Kier molecular flexibility index (Phi) is 4.08. The highest BCUT2D eigenvalue weighted by Crippen LogP contribution is 2.27. The van der Waals surface area contributed by atoms with Gasteiger partial charge in [0.05, 0.1) is 0 Å². The zero-order valence-electron chi connectivity index (χ0n) is 10.5. The molecule has 2 heterocycles. The first kappa shape index (κ1) is 14.1. The number of terminal acetylenes is 1. The average Bonchev–Trinajstić information content (AvgIpc) is 2.81. The lowest BCUT2D eigenvalue weighted by Crippen LogP contribution is -2.13. The van der Waals surface area contributed by atoms with Crippen molar-refractivity contribution in [2.24, 2.45) is 0 Å². The van der Waals surface area contributed by atoms with Crippen molar-refractivity contribution in [3.8, 4) is 12.3 Å². The molecule has 0 aromatic carbocycles. The molecule has 1 N–H and O–H groups in total. The zero-order chi connectivity index (χ0) is 14.6. The molecule has 106 valence electrons. The minimum atomic E-state index is -4.59.